The minimum absolute atomic E-state index is 0.167. The molecule has 2 aromatic rings. The van der Waals surface area contributed by atoms with E-state index in [9.17, 15) is 26.4 Å². The maximum atomic E-state index is 12.7. The van der Waals surface area contributed by atoms with Gasteiger partial charge in [0.1, 0.15) is 6.10 Å². The van der Waals surface area contributed by atoms with Crippen LogP contribution in [0.1, 0.15) is 54.4 Å². The van der Waals surface area contributed by atoms with E-state index >= 15 is 0 Å². The van der Waals surface area contributed by atoms with E-state index in [0.29, 0.717) is 12.0 Å². The second-order valence-corrected chi connectivity index (χ2v) is 10.3. The van der Waals surface area contributed by atoms with Crippen molar-refractivity contribution in [2.24, 2.45) is 5.92 Å². The highest BCUT2D eigenvalue weighted by molar-refractivity contribution is 7.91. The number of sulfone groups is 1. The van der Waals surface area contributed by atoms with E-state index in [-0.39, 0.29) is 22.7 Å². The van der Waals surface area contributed by atoms with Gasteiger partial charge < -0.3 is 4.74 Å². The van der Waals surface area contributed by atoms with Crippen LogP contribution in [0.25, 0.3) is 0 Å². The van der Waals surface area contributed by atoms with Crippen molar-refractivity contribution in [3.8, 4) is 0 Å². The van der Waals surface area contributed by atoms with E-state index in [2.05, 4.69) is 0 Å². The standard InChI is InChI=1S/C25H27F3O4S/c26-25(27,28)21-14-16-22(17-15-21)33(30,31)18-8-7-13-23(19-9-3-1-4-10-19)32-24(29)20-11-5-2-6-12-20/h2,5-8,11-12,14-17,19,23H,1,3-4,9-10,13,18H2/b8-7+. The lowest BCUT2D eigenvalue weighted by Crippen LogP contribution is -2.28. The van der Waals surface area contributed by atoms with Gasteiger partial charge in [-0.2, -0.15) is 13.2 Å². The van der Waals surface area contributed by atoms with Crippen LogP contribution in [-0.2, 0) is 20.8 Å². The van der Waals surface area contributed by atoms with Gasteiger partial charge in [0.05, 0.1) is 21.8 Å². The summed E-state index contributed by atoms with van der Waals surface area (Å²) < 4.78 is 68.8. The quantitative estimate of drug-likeness (QED) is 0.332. The Morgan fingerprint density at radius 3 is 2.21 bits per heavy atom. The van der Waals surface area contributed by atoms with Crippen LogP contribution in [0.15, 0.2) is 71.6 Å². The maximum Gasteiger partial charge on any atom is 0.416 e. The normalized spacial score (nSPS) is 16.6. The van der Waals surface area contributed by atoms with Crippen LogP contribution >= 0.6 is 0 Å². The summed E-state index contributed by atoms with van der Waals surface area (Å²) in [5.74, 6) is -0.540. The summed E-state index contributed by atoms with van der Waals surface area (Å²) in [6.45, 7) is 0. The molecule has 1 aliphatic carbocycles. The summed E-state index contributed by atoms with van der Waals surface area (Å²) >= 11 is 0. The van der Waals surface area contributed by atoms with Crippen LogP contribution in [-0.4, -0.2) is 26.2 Å². The first kappa shape index (κ1) is 25.0. The lowest BCUT2D eigenvalue weighted by atomic mass is 9.84. The van der Waals surface area contributed by atoms with E-state index in [1.807, 2.05) is 6.07 Å². The molecule has 1 saturated carbocycles. The van der Waals surface area contributed by atoms with Gasteiger partial charge in [0, 0.05) is 6.42 Å². The van der Waals surface area contributed by atoms with Crippen LogP contribution in [0.4, 0.5) is 13.2 Å². The fourth-order valence-corrected chi connectivity index (χ4v) is 5.13. The van der Waals surface area contributed by atoms with Crippen LogP contribution in [0.2, 0.25) is 0 Å². The minimum Gasteiger partial charge on any atom is -0.458 e. The first-order valence-electron chi connectivity index (χ1n) is 11.0. The minimum atomic E-state index is -4.52. The molecule has 0 aromatic heterocycles. The molecule has 178 valence electrons. The number of carbonyl (C=O) groups excluding carboxylic acids is 1. The Hall–Kier alpha value is -2.61. The molecule has 1 fully saturated rings. The highest BCUT2D eigenvalue weighted by Gasteiger charge is 2.30. The zero-order chi connectivity index (χ0) is 23.9. The molecule has 4 nitrogen and oxygen atoms in total. The van der Waals surface area contributed by atoms with Crippen LogP contribution in [0, 0.1) is 5.92 Å². The lowest BCUT2D eigenvalue weighted by molar-refractivity contribution is -0.137. The van der Waals surface area contributed by atoms with E-state index in [1.54, 1.807) is 30.3 Å². The molecule has 0 N–H and O–H groups in total. The maximum absolute atomic E-state index is 12.7. The van der Waals surface area contributed by atoms with Crippen molar-refractivity contribution in [2.75, 3.05) is 5.75 Å². The van der Waals surface area contributed by atoms with Gasteiger partial charge in [-0.05, 0) is 55.2 Å². The first-order chi connectivity index (χ1) is 15.7. The summed E-state index contributed by atoms with van der Waals surface area (Å²) in [7, 11) is -3.77. The molecule has 0 saturated heterocycles. The summed E-state index contributed by atoms with van der Waals surface area (Å²) in [4.78, 5) is 12.4. The van der Waals surface area contributed by atoms with Crippen LogP contribution in [0.5, 0.6) is 0 Å². The Morgan fingerprint density at radius 2 is 1.61 bits per heavy atom. The third kappa shape index (κ3) is 7.19. The number of carbonyl (C=O) groups is 1. The smallest absolute Gasteiger partial charge is 0.416 e. The Kier molecular flexibility index (Phi) is 8.35. The van der Waals surface area contributed by atoms with Crippen molar-refractivity contribution in [2.45, 2.75) is 55.7 Å². The van der Waals surface area contributed by atoms with E-state index in [0.717, 1.165) is 56.4 Å². The summed E-state index contributed by atoms with van der Waals surface area (Å²) in [5.41, 5.74) is -0.431. The molecule has 0 heterocycles. The van der Waals surface area contributed by atoms with Crippen molar-refractivity contribution >= 4 is 15.8 Å². The first-order valence-corrected chi connectivity index (χ1v) is 12.6. The van der Waals surface area contributed by atoms with Gasteiger partial charge in [0.15, 0.2) is 9.84 Å². The number of benzene rings is 2. The van der Waals surface area contributed by atoms with E-state index in [4.69, 9.17) is 4.74 Å². The second kappa shape index (κ2) is 11.0. The number of rotatable bonds is 8. The van der Waals surface area contributed by atoms with Gasteiger partial charge in [0.25, 0.3) is 0 Å². The van der Waals surface area contributed by atoms with Gasteiger partial charge in [-0.25, -0.2) is 13.2 Å². The number of ether oxygens (including phenoxy) is 1. The number of hydrogen-bond donors (Lipinski definition) is 0. The molecule has 0 radical (unpaired) electrons. The molecule has 1 aliphatic rings. The van der Waals surface area contributed by atoms with Gasteiger partial charge in [-0.3, -0.25) is 0 Å². The summed E-state index contributed by atoms with van der Waals surface area (Å²) in [5, 5.41) is 0. The molecule has 0 bridgehead atoms. The van der Waals surface area contributed by atoms with Crippen molar-refractivity contribution in [1.82, 2.24) is 0 Å². The van der Waals surface area contributed by atoms with Gasteiger partial charge in [0.2, 0.25) is 0 Å². The predicted molar refractivity (Wildman–Crippen MR) is 119 cm³/mol. The molecule has 0 spiro atoms. The van der Waals surface area contributed by atoms with E-state index < -0.39 is 27.5 Å². The third-order valence-electron chi connectivity index (χ3n) is 5.83. The fourth-order valence-electron chi connectivity index (χ4n) is 4.00. The SMILES string of the molecule is O=C(OC(C/C=C/CS(=O)(=O)c1ccc(C(F)(F)F)cc1)C1CCCCC1)c1ccccc1. The number of hydrogen-bond acceptors (Lipinski definition) is 4. The number of alkyl halides is 3. The molecular formula is C25H27F3O4S. The average molecular weight is 481 g/mol. The van der Waals surface area contributed by atoms with Gasteiger partial charge in [-0.1, -0.05) is 49.6 Å². The molecule has 3 rings (SSSR count). The molecule has 0 aliphatic heterocycles. The Bertz CT molecular complexity index is 1040. The Morgan fingerprint density at radius 1 is 0.970 bits per heavy atom. The average Bonchev–Trinajstić information content (AvgIpc) is 2.81. The summed E-state index contributed by atoms with van der Waals surface area (Å²) in [6, 6.07) is 12.2. The number of esters is 1. The molecular weight excluding hydrogens is 453 g/mol. The van der Waals surface area contributed by atoms with Crippen LogP contribution < -0.4 is 0 Å². The zero-order valence-corrected chi connectivity index (χ0v) is 18.9. The molecule has 33 heavy (non-hydrogen) atoms. The Balaban J connectivity index is 1.64. The summed E-state index contributed by atoms with van der Waals surface area (Å²) in [6.07, 6.45) is 3.83. The van der Waals surface area contributed by atoms with Gasteiger partial charge >= 0.3 is 12.1 Å². The molecule has 8 heteroatoms. The highest BCUT2D eigenvalue weighted by Crippen LogP contribution is 2.31. The monoisotopic (exact) mass is 480 g/mol. The van der Waals surface area contributed by atoms with Crippen LogP contribution in [0.3, 0.4) is 0 Å². The van der Waals surface area contributed by atoms with Crippen molar-refractivity contribution in [3.05, 3.63) is 77.9 Å². The number of halogens is 3. The molecule has 1 unspecified atom stereocenters. The molecule has 0 amide bonds. The second-order valence-electron chi connectivity index (χ2n) is 8.22. The highest BCUT2D eigenvalue weighted by atomic mass is 32.2. The predicted octanol–water partition coefficient (Wildman–Crippen LogP) is 6.23. The van der Waals surface area contributed by atoms with Crippen molar-refractivity contribution in [1.29, 1.82) is 0 Å². The van der Waals surface area contributed by atoms with Crippen molar-refractivity contribution < 1.29 is 31.1 Å². The zero-order valence-electron chi connectivity index (χ0n) is 18.1. The third-order valence-corrected chi connectivity index (χ3v) is 7.46. The van der Waals surface area contributed by atoms with E-state index in [1.165, 1.54) is 6.08 Å². The largest absolute Gasteiger partial charge is 0.458 e. The van der Waals surface area contributed by atoms with Gasteiger partial charge in [-0.15, -0.1) is 0 Å². The molecule has 2 aromatic carbocycles. The topological polar surface area (TPSA) is 60.4 Å². The van der Waals surface area contributed by atoms with Crippen molar-refractivity contribution in [3.63, 3.8) is 0 Å². The Labute approximate surface area is 192 Å². The molecule has 1 atom stereocenters. The fraction of sp³-hybridized carbons (Fsp3) is 0.400. The lowest BCUT2D eigenvalue weighted by Gasteiger charge is -2.29.